The van der Waals surface area contributed by atoms with Gasteiger partial charge in [-0.25, -0.2) is 4.98 Å². The maximum absolute atomic E-state index is 9.07. The Labute approximate surface area is 108 Å². The van der Waals surface area contributed by atoms with Gasteiger partial charge in [0.1, 0.15) is 11.8 Å². The molecule has 0 radical (unpaired) electrons. The van der Waals surface area contributed by atoms with Gasteiger partial charge < -0.3 is 5.73 Å². The van der Waals surface area contributed by atoms with E-state index in [4.69, 9.17) is 11.0 Å². The largest absolute Gasteiger partial charge is 0.330 e. The van der Waals surface area contributed by atoms with E-state index >= 15 is 0 Å². The van der Waals surface area contributed by atoms with Crippen molar-refractivity contribution in [2.75, 3.05) is 13.1 Å². The summed E-state index contributed by atoms with van der Waals surface area (Å²) in [6.45, 7) is 2.66. The molecule has 1 saturated heterocycles. The maximum atomic E-state index is 9.07. The molecule has 0 spiro atoms. The van der Waals surface area contributed by atoms with Crippen LogP contribution in [0.2, 0.25) is 0 Å². The Morgan fingerprint density at radius 1 is 1.50 bits per heavy atom. The van der Waals surface area contributed by atoms with E-state index < -0.39 is 0 Å². The molecule has 2 rings (SSSR count). The Morgan fingerprint density at radius 2 is 2.39 bits per heavy atom. The number of nitrogens with two attached hydrogens (primary N) is 1. The molecule has 1 unspecified atom stereocenters. The first-order chi connectivity index (χ1) is 8.85. The molecule has 96 valence electrons. The normalized spacial score (nSPS) is 20.6. The lowest BCUT2D eigenvalue weighted by atomic mass is 9.98. The fourth-order valence-electron chi connectivity index (χ4n) is 2.67. The van der Waals surface area contributed by atoms with Crippen LogP contribution in [0.15, 0.2) is 18.3 Å². The van der Waals surface area contributed by atoms with Crippen molar-refractivity contribution in [3.63, 3.8) is 0 Å². The van der Waals surface area contributed by atoms with E-state index in [0.717, 1.165) is 31.6 Å². The molecule has 1 aromatic rings. The average molecular weight is 244 g/mol. The summed E-state index contributed by atoms with van der Waals surface area (Å²) in [7, 11) is 0. The highest BCUT2D eigenvalue weighted by Crippen LogP contribution is 2.22. The van der Waals surface area contributed by atoms with Crippen molar-refractivity contribution >= 4 is 0 Å². The summed E-state index contributed by atoms with van der Waals surface area (Å²) in [5.41, 5.74) is 7.26. The second-order valence-corrected chi connectivity index (χ2v) is 4.82. The highest BCUT2D eigenvalue weighted by atomic mass is 15.2. The van der Waals surface area contributed by atoms with Crippen LogP contribution in [0.3, 0.4) is 0 Å². The number of piperidine rings is 1. The zero-order valence-corrected chi connectivity index (χ0v) is 10.7. The van der Waals surface area contributed by atoms with Gasteiger partial charge in [-0.1, -0.05) is 12.5 Å². The Bertz CT molecular complexity index is 422. The summed E-state index contributed by atoms with van der Waals surface area (Å²) in [6, 6.07) is 6.64. The van der Waals surface area contributed by atoms with Crippen LogP contribution >= 0.6 is 0 Å². The minimum atomic E-state index is 0.551. The Hall–Kier alpha value is -1.44. The lowest BCUT2D eigenvalue weighted by Crippen LogP contribution is -2.40. The molecule has 0 amide bonds. The van der Waals surface area contributed by atoms with Crippen LogP contribution in [-0.2, 0) is 6.54 Å². The maximum Gasteiger partial charge on any atom is 0.144 e. The number of nitrogens with zero attached hydrogens (tertiary/aromatic N) is 3. The van der Waals surface area contributed by atoms with Crippen LogP contribution in [-0.4, -0.2) is 29.0 Å². The third kappa shape index (κ3) is 3.06. The lowest BCUT2D eigenvalue weighted by molar-refractivity contribution is 0.134. The van der Waals surface area contributed by atoms with Crippen molar-refractivity contribution in [2.24, 2.45) is 5.73 Å². The minimum Gasteiger partial charge on any atom is -0.330 e. The zero-order chi connectivity index (χ0) is 12.8. The summed E-state index contributed by atoms with van der Waals surface area (Å²) in [6.07, 6.45) is 6.47. The van der Waals surface area contributed by atoms with E-state index in [1.54, 1.807) is 6.20 Å². The summed E-state index contributed by atoms with van der Waals surface area (Å²) in [5, 5.41) is 9.07. The van der Waals surface area contributed by atoms with Gasteiger partial charge in [0.05, 0.1) is 0 Å². The van der Waals surface area contributed by atoms with E-state index in [0.29, 0.717) is 11.7 Å². The molecule has 4 nitrogen and oxygen atoms in total. The second-order valence-electron chi connectivity index (χ2n) is 4.82. The summed E-state index contributed by atoms with van der Waals surface area (Å²) >= 11 is 0. The van der Waals surface area contributed by atoms with Gasteiger partial charge in [0.2, 0.25) is 0 Å². The number of likely N-dealkylation sites (tertiary alicyclic amines) is 1. The van der Waals surface area contributed by atoms with Gasteiger partial charge >= 0.3 is 0 Å². The van der Waals surface area contributed by atoms with Gasteiger partial charge in [-0.15, -0.1) is 0 Å². The number of hydrogen-bond acceptors (Lipinski definition) is 4. The van der Waals surface area contributed by atoms with E-state index in [1.165, 1.54) is 19.3 Å². The molecule has 1 aliphatic rings. The Balaban J connectivity index is 2.09. The molecular weight excluding hydrogens is 224 g/mol. The fraction of sp³-hybridized carbons (Fsp3) is 0.571. The number of aromatic nitrogens is 1. The van der Waals surface area contributed by atoms with Crippen LogP contribution in [0.25, 0.3) is 0 Å². The van der Waals surface area contributed by atoms with Crippen molar-refractivity contribution in [3.05, 3.63) is 29.6 Å². The first kappa shape index (κ1) is 13.0. The van der Waals surface area contributed by atoms with Crippen LogP contribution in [0, 0.1) is 11.3 Å². The summed E-state index contributed by atoms with van der Waals surface area (Å²) in [4.78, 5) is 6.57. The molecule has 1 atom stereocenters. The number of pyridine rings is 1. The Kier molecular flexibility index (Phi) is 4.68. The molecule has 0 bridgehead atoms. The topological polar surface area (TPSA) is 65.9 Å². The van der Waals surface area contributed by atoms with Crippen molar-refractivity contribution in [1.29, 1.82) is 5.26 Å². The van der Waals surface area contributed by atoms with Crippen LogP contribution in [0.5, 0.6) is 0 Å². The first-order valence-corrected chi connectivity index (χ1v) is 6.63. The van der Waals surface area contributed by atoms with E-state index in [9.17, 15) is 0 Å². The predicted molar refractivity (Wildman–Crippen MR) is 70.7 cm³/mol. The van der Waals surface area contributed by atoms with Crippen molar-refractivity contribution < 1.29 is 0 Å². The third-order valence-corrected chi connectivity index (χ3v) is 3.62. The summed E-state index contributed by atoms with van der Waals surface area (Å²) < 4.78 is 0. The first-order valence-electron chi connectivity index (χ1n) is 6.63. The average Bonchev–Trinajstić information content (AvgIpc) is 2.42. The molecule has 18 heavy (non-hydrogen) atoms. The molecule has 2 heterocycles. The van der Waals surface area contributed by atoms with Crippen LogP contribution < -0.4 is 5.73 Å². The smallest absolute Gasteiger partial charge is 0.144 e. The van der Waals surface area contributed by atoms with Crippen molar-refractivity contribution in [3.8, 4) is 6.07 Å². The van der Waals surface area contributed by atoms with Gasteiger partial charge in [-0.3, -0.25) is 4.90 Å². The van der Waals surface area contributed by atoms with Gasteiger partial charge in [0.25, 0.3) is 0 Å². The quantitative estimate of drug-likeness (QED) is 0.874. The van der Waals surface area contributed by atoms with Gasteiger partial charge in [-0.2, -0.15) is 5.26 Å². The zero-order valence-electron chi connectivity index (χ0n) is 10.7. The third-order valence-electron chi connectivity index (χ3n) is 3.62. The molecule has 0 saturated carbocycles. The van der Waals surface area contributed by atoms with E-state index in [1.807, 2.05) is 12.1 Å². The van der Waals surface area contributed by atoms with Crippen molar-refractivity contribution in [2.45, 2.75) is 38.3 Å². The highest BCUT2D eigenvalue weighted by Gasteiger charge is 2.22. The molecule has 1 aromatic heterocycles. The molecule has 4 heteroatoms. The van der Waals surface area contributed by atoms with Crippen molar-refractivity contribution in [1.82, 2.24) is 9.88 Å². The number of nitriles is 1. The second kappa shape index (κ2) is 6.48. The summed E-state index contributed by atoms with van der Waals surface area (Å²) in [5.74, 6) is 0. The molecule has 1 fully saturated rings. The van der Waals surface area contributed by atoms with E-state index in [-0.39, 0.29) is 0 Å². The molecule has 0 aromatic carbocycles. The fourth-order valence-corrected chi connectivity index (χ4v) is 2.67. The molecule has 2 N–H and O–H groups in total. The van der Waals surface area contributed by atoms with Gasteiger partial charge in [-0.05, 0) is 38.4 Å². The number of rotatable bonds is 4. The predicted octanol–water partition coefficient (Wildman–Crippen LogP) is 1.66. The standard InChI is InChI=1S/C14H20N4/c15-7-6-13-5-1-2-9-18(13)11-12-4-3-8-17-14(12)10-16/h3-4,8,13H,1-2,5-7,9,11,15H2. The van der Waals surface area contributed by atoms with E-state index in [2.05, 4.69) is 16.0 Å². The Morgan fingerprint density at radius 3 is 3.17 bits per heavy atom. The van der Waals surface area contributed by atoms with Gasteiger partial charge in [0, 0.05) is 24.3 Å². The SMILES string of the molecule is N#Cc1ncccc1CN1CCCCC1CCN. The highest BCUT2D eigenvalue weighted by molar-refractivity contribution is 5.30. The molecular formula is C14H20N4. The van der Waals surface area contributed by atoms with Gasteiger partial charge in [0.15, 0.2) is 0 Å². The van der Waals surface area contributed by atoms with Crippen LogP contribution in [0.4, 0.5) is 0 Å². The lowest BCUT2D eigenvalue weighted by Gasteiger charge is -2.35. The monoisotopic (exact) mass is 244 g/mol. The minimum absolute atomic E-state index is 0.551. The van der Waals surface area contributed by atoms with Crippen LogP contribution in [0.1, 0.15) is 36.9 Å². The number of hydrogen-bond donors (Lipinski definition) is 1. The molecule has 1 aliphatic heterocycles. The molecule has 0 aliphatic carbocycles.